The second kappa shape index (κ2) is 4.93. The SMILES string of the molecule is COc1ccc(C)cc1-c1cc(C(=O)O)[nH]c(=O)n1. The molecule has 0 aliphatic rings. The van der Waals surface area contributed by atoms with Gasteiger partial charge in [-0.2, -0.15) is 4.98 Å². The molecule has 0 saturated heterocycles. The maximum atomic E-state index is 11.4. The second-order valence-corrected chi connectivity index (χ2v) is 3.99. The van der Waals surface area contributed by atoms with Crippen molar-refractivity contribution in [2.45, 2.75) is 6.92 Å². The fourth-order valence-electron chi connectivity index (χ4n) is 1.73. The molecular formula is C13H12N2O4. The van der Waals surface area contributed by atoms with E-state index in [1.807, 2.05) is 13.0 Å². The van der Waals surface area contributed by atoms with E-state index >= 15 is 0 Å². The maximum Gasteiger partial charge on any atom is 0.352 e. The van der Waals surface area contributed by atoms with Crippen molar-refractivity contribution < 1.29 is 14.6 Å². The van der Waals surface area contributed by atoms with E-state index in [0.717, 1.165) is 5.56 Å². The molecule has 2 aromatic rings. The molecule has 0 saturated carbocycles. The number of benzene rings is 1. The minimum atomic E-state index is -1.22. The van der Waals surface area contributed by atoms with Gasteiger partial charge in [0.15, 0.2) is 0 Å². The smallest absolute Gasteiger partial charge is 0.352 e. The summed E-state index contributed by atoms with van der Waals surface area (Å²) >= 11 is 0. The van der Waals surface area contributed by atoms with Gasteiger partial charge in [-0.15, -0.1) is 0 Å². The van der Waals surface area contributed by atoms with Crippen molar-refractivity contribution in [2.75, 3.05) is 7.11 Å². The van der Waals surface area contributed by atoms with E-state index in [0.29, 0.717) is 11.3 Å². The summed E-state index contributed by atoms with van der Waals surface area (Å²) < 4.78 is 5.20. The van der Waals surface area contributed by atoms with Gasteiger partial charge in [-0.3, -0.25) is 4.98 Å². The van der Waals surface area contributed by atoms with Crippen LogP contribution in [0.2, 0.25) is 0 Å². The summed E-state index contributed by atoms with van der Waals surface area (Å²) in [6.07, 6.45) is 0. The predicted molar refractivity (Wildman–Crippen MR) is 68.5 cm³/mol. The van der Waals surface area contributed by atoms with Crippen molar-refractivity contribution >= 4 is 5.97 Å². The molecule has 1 aromatic heterocycles. The number of ether oxygens (including phenoxy) is 1. The van der Waals surface area contributed by atoms with Crippen molar-refractivity contribution in [3.8, 4) is 17.0 Å². The Bertz CT molecular complexity index is 691. The van der Waals surface area contributed by atoms with Crippen molar-refractivity contribution in [2.24, 2.45) is 0 Å². The van der Waals surface area contributed by atoms with Gasteiger partial charge in [0.1, 0.15) is 11.4 Å². The molecule has 1 aromatic carbocycles. The number of aromatic amines is 1. The molecule has 6 heteroatoms. The highest BCUT2D eigenvalue weighted by Crippen LogP contribution is 2.29. The Hall–Kier alpha value is -2.63. The minimum Gasteiger partial charge on any atom is -0.496 e. The van der Waals surface area contributed by atoms with Crippen LogP contribution in [-0.2, 0) is 0 Å². The van der Waals surface area contributed by atoms with Gasteiger partial charge in [-0.1, -0.05) is 11.6 Å². The fourth-order valence-corrected chi connectivity index (χ4v) is 1.73. The predicted octanol–water partition coefficient (Wildman–Crippen LogP) is 1.45. The lowest BCUT2D eigenvalue weighted by molar-refractivity contribution is 0.0690. The number of hydrogen-bond donors (Lipinski definition) is 2. The van der Waals surface area contributed by atoms with Crippen LogP contribution < -0.4 is 10.4 Å². The molecule has 0 aliphatic heterocycles. The molecule has 19 heavy (non-hydrogen) atoms. The van der Waals surface area contributed by atoms with E-state index in [9.17, 15) is 9.59 Å². The zero-order valence-corrected chi connectivity index (χ0v) is 10.4. The van der Waals surface area contributed by atoms with Crippen LogP contribution in [0.1, 0.15) is 16.1 Å². The van der Waals surface area contributed by atoms with Gasteiger partial charge in [0.25, 0.3) is 0 Å². The zero-order chi connectivity index (χ0) is 14.0. The molecule has 0 spiro atoms. The third-order valence-electron chi connectivity index (χ3n) is 2.61. The molecule has 0 radical (unpaired) electrons. The lowest BCUT2D eigenvalue weighted by Gasteiger charge is -2.09. The average Bonchev–Trinajstić information content (AvgIpc) is 2.37. The number of rotatable bonds is 3. The lowest BCUT2D eigenvalue weighted by atomic mass is 10.1. The Morgan fingerprint density at radius 1 is 1.37 bits per heavy atom. The summed E-state index contributed by atoms with van der Waals surface area (Å²) in [6.45, 7) is 1.88. The number of nitrogens with zero attached hydrogens (tertiary/aromatic N) is 1. The van der Waals surface area contributed by atoms with Gasteiger partial charge < -0.3 is 9.84 Å². The Balaban J connectivity index is 2.68. The molecule has 0 atom stereocenters. The molecule has 2 N–H and O–H groups in total. The van der Waals surface area contributed by atoms with Gasteiger partial charge in [0, 0.05) is 5.56 Å². The highest BCUT2D eigenvalue weighted by molar-refractivity contribution is 5.86. The first-order valence-corrected chi connectivity index (χ1v) is 5.51. The third kappa shape index (κ3) is 2.62. The number of nitrogens with one attached hydrogen (secondary N) is 1. The minimum absolute atomic E-state index is 0.210. The van der Waals surface area contributed by atoms with Crippen LogP contribution >= 0.6 is 0 Å². The van der Waals surface area contributed by atoms with Gasteiger partial charge in [-0.05, 0) is 25.1 Å². The Morgan fingerprint density at radius 3 is 2.74 bits per heavy atom. The van der Waals surface area contributed by atoms with Crippen molar-refractivity contribution in [1.29, 1.82) is 0 Å². The van der Waals surface area contributed by atoms with Crippen LogP contribution in [-0.4, -0.2) is 28.2 Å². The summed E-state index contributed by atoms with van der Waals surface area (Å²) in [4.78, 5) is 28.3. The first-order chi connectivity index (χ1) is 9.01. The van der Waals surface area contributed by atoms with E-state index in [2.05, 4.69) is 9.97 Å². The second-order valence-electron chi connectivity index (χ2n) is 3.99. The molecule has 98 valence electrons. The summed E-state index contributed by atoms with van der Waals surface area (Å²) in [5, 5.41) is 8.93. The van der Waals surface area contributed by atoms with E-state index < -0.39 is 11.7 Å². The van der Waals surface area contributed by atoms with Crippen LogP contribution in [0, 0.1) is 6.92 Å². The number of carboxylic acid groups (broad SMARTS) is 1. The molecule has 0 aliphatic carbocycles. The Morgan fingerprint density at radius 2 is 2.11 bits per heavy atom. The molecule has 2 rings (SSSR count). The lowest BCUT2D eigenvalue weighted by Crippen LogP contribution is -2.16. The highest BCUT2D eigenvalue weighted by Gasteiger charge is 2.12. The molecule has 0 bridgehead atoms. The van der Waals surface area contributed by atoms with Crippen LogP contribution in [0.3, 0.4) is 0 Å². The van der Waals surface area contributed by atoms with Crippen molar-refractivity contribution in [3.63, 3.8) is 0 Å². The first kappa shape index (κ1) is 12.8. The third-order valence-corrected chi connectivity index (χ3v) is 2.61. The van der Waals surface area contributed by atoms with Gasteiger partial charge >= 0.3 is 11.7 Å². The molecule has 0 amide bonds. The number of aryl methyl sites for hydroxylation is 1. The largest absolute Gasteiger partial charge is 0.496 e. The van der Waals surface area contributed by atoms with Crippen LogP contribution in [0.15, 0.2) is 29.1 Å². The number of methoxy groups -OCH3 is 1. The number of carboxylic acids is 1. The van der Waals surface area contributed by atoms with E-state index in [1.54, 1.807) is 12.1 Å². The molecule has 0 fully saturated rings. The van der Waals surface area contributed by atoms with E-state index in [-0.39, 0.29) is 11.4 Å². The fraction of sp³-hybridized carbons (Fsp3) is 0.154. The number of carbonyl (C=O) groups is 1. The van der Waals surface area contributed by atoms with Gasteiger partial charge in [-0.25, -0.2) is 9.59 Å². The average molecular weight is 260 g/mol. The summed E-state index contributed by atoms with van der Waals surface area (Å²) in [7, 11) is 1.50. The number of hydrogen-bond acceptors (Lipinski definition) is 4. The molecule has 0 unspecified atom stereocenters. The van der Waals surface area contributed by atoms with E-state index in [1.165, 1.54) is 13.2 Å². The Kier molecular flexibility index (Phi) is 3.33. The first-order valence-electron chi connectivity index (χ1n) is 5.51. The normalized spacial score (nSPS) is 10.2. The number of H-pyrrole nitrogens is 1. The monoisotopic (exact) mass is 260 g/mol. The zero-order valence-electron chi connectivity index (χ0n) is 10.4. The topological polar surface area (TPSA) is 92.3 Å². The van der Waals surface area contributed by atoms with Crippen LogP contribution in [0.25, 0.3) is 11.3 Å². The summed E-state index contributed by atoms with van der Waals surface area (Å²) in [5.41, 5.74) is 0.879. The van der Waals surface area contributed by atoms with Gasteiger partial charge in [0.2, 0.25) is 0 Å². The van der Waals surface area contributed by atoms with E-state index in [4.69, 9.17) is 9.84 Å². The number of aromatic carboxylic acids is 1. The molecule has 1 heterocycles. The van der Waals surface area contributed by atoms with Gasteiger partial charge in [0.05, 0.1) is 12.8 Å². The summed E-state index contributed by atoms with van der Waals surface area (Å²) in [6, 6.07) is 6.69. The maximum absolute atomic E-state index is 11.4. The standard InChI is InChI=1S/C13H12N2O4/c1-7-3-4-11(19-2)8(5-7)9-6-10(12(16)17)15-13(18)14-9/h3-6H,1-2H3,(H,16,17)(H,14,15,18). The van der Waals surface area contributed by atoms with Crippen molar-refractivity contribution in [1.82, 2.24) is 9.97 Å². The van der Waals surface area contributed by atoms with Crippen molar-refractivity contribution in [3.05, 3.63) is 46.0 Å². The summed E-state index contributed by atoms with van der Waals surface area (Å²) in [5.74, 6) is -0.688. The quantitative estimate of drug-likeness (QED) is 0.871. The Labute approximate surface area is 108 Å². The molecular weight excluding hydrogens is 248 g/mol. The highest BCUT2D eigenvalue weighted by atomic mass is 16.5. The number of aromatic nitrogens is 2. The van der Waals surface area contributed by atoms with Crippen LogP contribution in [0.5, 0.6) is 5.75 Å². The van der Waals surface area contributed by atoms with Crippen LogP contribution in [0.4, 0.5) is 0 Å². The molecule has 6 nitrogen and oxygen atoms in total.